The van der Waals surface area contributed by atoms with E-state index in [4.69, 9.17) is 14.7 Å². The minimum atomic E-state index is -0.711. The van der Waals surface area contributed by atoms with Gasteiger partial charge in [0.2, 0.25) is 0 Å². The van der Waals surface area contributed by atoms with Crippen molar-refractivity contribution in [3.63, 3.8) is 0 Å². The zero-order valence-electron chi connectivity index (χ0n) is 13.2. The highest BCUT2D eigenvalue weighted by Gasteiger charge is 2.23. The molecule has 0 atom stereocenters. The van der Waals surface area contributed by atoms with Gasteiger partial charge >= 0.3 is 12.1 Å². The fraction of sp³-hybridized carbons (Fsp3) is 0.571. The Hall–Kier alpha value is -2.56. The van der Waals surface area contributed by atoms with Crippen LogP contribution in [0.1, 0.15) is 44.5 Å². The summed E-state index contributed by atoms with van der Waals surface area (Å²) < 4.78 is 11.4. The molecule has 1 N–H and O–H groups in total. The molecule has 1 rings (SSSR count). The predicted molar refractivity (Wildman–Crippen MR) is 78.3 cm³/mol. The molecule has 1 aromatic heterocycles. The predicted octanol–water partition coefficient (Wildman–Crippen LogP) is 2.32. The fourth-order valence-corrected chi connectivity index (χ4v) is 1.60. The van der Waals surface area contributed by atoms with E-state index in [1.165, 1.54) is 10.9 Å². The Morgan fingerprint density at radius 1 is 1.45 bits per heavy atom. The Labute approximate surface area is 129 Å². The Kier molecular flexibility index (Phi) is 5.92. The van der Waals surface area contributed by atoms with Crippen LogP contribution < -0.4 is 5.32 Å². The van der Waals surface area contributed by atoms with Crippen molar-refractivity contribution in [1.29, 1.82) is 5.26 Å². The van der Waals surface area contributed by atoms with Crippen LogP contribution in [-0.4, -0.2) is 34.1 Å². The number of aromatic nitrogens is 2. The molecule has 0 aliphatic heterocycles. The Morgan fingerprint density at radius 2 is 2.14 bits per heavy atom. The second kappa shape index (κ2) is 7.45. The van der Waals surface area contributed by atoms with Gasteiger partial charge in [-0.2, -0.15) is 10.4 Å². The molecule has 22 heavy (non-hydrogen) atoms. The van der Waals surface area contributed by atoms with Crippen molar-refractivity contribution in [3.05, 3.63) is 11.8 Å². The quantitative estimate of drug-likeness (QED) is 0.837. The number of aryl methyl sites for hydroxylation is 1. The number of ether oxygens (including phenoxy) is 2. The van der Waals surface area contributed by atoms with Crippen LogP contribution in [0.4, 0.5) is 10.6 Å². The van der Waals surface area contributed by atoms with E-state index in [0.717, 1.165) is 0 Å². The van der Waals surface area contributed by atoms with Crippen LogP contribution >= 0.6 is 0 Å². The molecule has 1 amide bonds. The van der Waals surface area contributed by atoms with Crippen molar-refractivity contribution in [2.45, 2.75) is 46.3 Å². The normalized spacial score (nSPS) is 10.7. The first-order chi connectivity index (χ1) is 10.3. The largest absolute Gasteiger partial charge is 0.462 e. The van der Waals surface area contributed by atoms with Crippen LogP contribution in [0.25, 0.3) is 0 Å². The van der Waals surface area contributed by atoms with E-state index in [1.54, 1.807) is 27.7 Å². The molecular formula is C14H20N4O4. The molecule has 120 valence electrons. The van der Waals surface area contributed by atoms with E-state index < -0.39 is 17.7 Å². The average molecular weight is 308 g/mol. The lowest BCUT2D eigenvalue weighted by molar-refractivity contribution is 0.0527. The summed E-state index contributed by atoms with van der Waals surface area (Å²) in [6, 6.07) is 1.98. The number of amides is 1. The molecule has 0 bridgehead atoms. The lowest BCUT2D eigenvalue weighted by atomic mass is 10.2. The second-order valence-corrected chi connectivity index (χ2v) is 5.39. The highest BCUT2D eigenvalue weighted by molar-refractivity contribution is 5.98. The Morgan fingerprint density at radius 3 is 2.68 bits per heavy atom. The SMILES string of the molecule is CCOC(=O)c1cnn(CCC#N)c1NC(=O)OC(C)(C)C. The molecule has 0 spiro atoms. The molecule has 1 aromatic rings. The zero-order chi connectivity index (χ0) is 16.8. The lowest BCUT2D eigenvalue weighted by Crippen LogP contribution is -2.28. The molecule has 0 fully saturated rings. The molecule has 8 heteroatoms. The van der Waals surface area contributed by atoms with Gasteiger partial charge in [0.1, 0.15) is 17.0 Å². The van der Waals surface area contributed by atoms with Crippen molar-refractivity contribution in [2.75, 3.05) is 11.9 Å². The summed E-state index contributed by atoms with van der Waals surface area (Å²) in [5.41, 5.74) is -0.559. The van der Waals surface area contributed by atoms with Gasteiger partial charge in [0.25, 0.3) is 0 Å². The number of nitrogens with one attached hydrogen (secondary N) is 1. The van der Waals surface area contributed by atoms with Gasteiger partial charge in [-0.1, -0.05) is 0 Å². The summed E-state index contributed by atoms with van der Waals surface area (Å²) in [7, 11) is 0. The zero-order valence-corrected chi connectivity index (χ0v) is 13.2. The van der Waals surface area contributed by atoms with Gasteiger partial charge in [0, 0.05) is 0 Å². The highest BCUT2D eigenvalue weighted by atomic mass is 16.6. The molecule has 0 aliphatic rings. The third kappa shape index (κ3) is 5.09. The number of carbonyl (C=O) groups excluding carboxylic acids is 2. The van der Waals surface area contributed by atoms with Crippen molar-refractivity contribution < 1.29 is 19.1 Å². The van der Waals surface area contributed by atoms with Crippen LogP contribution in [0, 0.1) is 11.3 Å². The summed E-state index contributed by atoms with van der Waals surface area (Å²) >= 11 is 0. The number of nitrogens with zero attached hydrogens (tertiary/aromatic N) is 3. The van der Waals surface area contributed by atoms with E-state index in [-0.39, 0.29) is 31.0 Å². The highest BCUT2D eigenvalue weighted by Crippen LogP contribution is 2.18. The molecule has 0 aliphatic carbocycles. The maximum absolute atomic E-state index is 11.9. The minimum absolute atomic E-state index is 0.116. The third-order valence-corrected chi connectivity index (χ3v) is 2.39. The Bertz CT molecular complexity index is 581. The maximum atomic E-state index is 11.9. The van der Waals surface area contributed by atoms with Crippen molar-refractivity contribution in [3.8, 4) is 6.07 Å². The monoisotopic (exact) mass is 308 g/mol. The minimum Gasteiger partial charge on any atom is -0.462 e. The maximum Gasteiger partial charge on any atom is 0.413 e. The number of esters is 1. The summed E-state index contributed by atoms with van der Waals surface area (Å²) in [4.78, 5) is 23.8. The topological polar surface area (TPSA) is 106 Å². The second-order valence-electron chi connectivity index (χ2n) is 5.39. The van der Waals surface area contributed by atoms with Gasteiger partial charge < -0.3 is 9.47 Å². The number of anilines is 1. The standard InChI is InChI=1S/C14H20N4O4/c1-5-21-12(19)10-9-16-18(8-6-7-15)11(10)17-13(20)22-14(2,3)4/h9H,5-6,8H2,1-4H3,(H,17,20). The molecule has 0 saturated heterocycles. The van der Waals surface area contributed by atoms with E-state index in [1.807, 2.05) is 6.07 Å². The van der Waals surface area contributed by atoms with Crippen LogP contribution in [0.15, 0.2) is 6.20 Å². The number of rotatable bonds is 5. The fourth-order valence-electron chi connectivity index (χ4n) is 1.60. The average Bonchev–Trinajstić information content (AvgIpc) is 2.77. The first-order valence-corrected chi connectivity index (χ1v) is 6.88. The van der Waals surface area contributed by atoms with Crippen molar-refractivity contribution in [1.82, 2.24) is 9.78 Å². The molecule has 0 saturated carbocycles. The van der Waals surface area contributed by atoms with Gasteiger partial charge in [0.05, 0.1) is 31.8 Å². The molecule has 8 nitrogen and oxygen atoms in total. The smallest absolute Gasteiger partial charge is 0.413 e. The van der Waals surface area contributed by atoms with Crippen molar-refractivity contribution >= 4 is 17.9 Å². The van der Waals surface area contributed by atoms with Crippen molar-refractivity contribution in [2.24, 2.45) is 0 Å². The molecule has 0 aromatic carbocycles. The molecule has 1 heterocycles. The number of nitriles is 1. The van der Waals surface area contributed by atoms with E-state index >= 15 is 0 Å². The summed E-state index contributed by atoms with van der Waals surface area (Å²) in [6.07, 6.45) is 0.770. The van der Waals surface area contributed by atoms with E-state index in [2.05, 4.69) is 10.4 Å². The van der Waals surface area contributed by atoms with Gasteiger partial charge in [-0.05, 0) is 27.7 Å². The first-order valence-electron chi connectivity index (χ1n) is 6.88. The van der Waals surface area contributed by atoms with E-state index in [0.29, 0.717) is 0 Å². The van der Waals surface area contributed by atoms with Crippen LogP contribution in [-0.2, 0) is 16.0 Å². The van der Waals surface area contributed by atoms with Gasteiger partial charge in [-0.3, -0.25) is 5.32 Å². The van der Waals surface area contributed by atoms with E-state index in [9.17, 15) is 9.59 Å². The summed E-state index contributed by atoms with van der Waals surface area (Å²) in [5.74, 6) is -0.445. The third-order valence-electron chi connectivity index (χ3n) is 2.39. The summed E-state index contributed by atoms with van der Waals surface area (Å²) in [5, 5.41) is 15.2. The lowest BCUT2D eigenvalue weighted by Gasteiger charge is -2.20. The van der Waals surface area contributed by atoms with Crippen LogP contribution in [0.2, 0.25) is 0 Å². The summed E-state index contributed by atoms with van der Waals surface area (Å²) in [6.45, 7) is 7.30. The first kappa shape index (κ1) is 17.5. The molecular weight excluding hydrogens is 288 g/mol. The van der Waals surface area contributed by atoms with Crippen LogP contribution in [0.3, 0.4) is 0 Å². The van der Waals surface area contributed by atoms with Gasteiger partial charge in [-0.25, -0.2) is 14.3 Å². The number of hydrogen-bond donors (Lipinski definition) is 1. The number of carbonyl (C=O) groups is 2. The van der Waals surface area contributed by atoms with Gasteiger partial charge in [0.15, 0.2) is 0 Å². The van der Waals surface area contributed by atoms with Crippen LogP contribution in [0.5, 0.6) is 0 Å². The number of hydrogen-bond acceptors (Lipinski definition) is 6. The Balaban J connectivity index is 3.01. The van der Waals surface area contributed by atoms with Gasteiger partial charge in [-0.15, -0.1) is 0 Å². The molecule has 0 unspecified atom stereocenters. The molecule has 0 radical (unpaired) electrons.